The fourth-order valence-electron chi connectivity index (χ4n) is 1.40. The Hall–Kier alpha value is -2.04. The van der Waals surface area contributed by atoms with Gasteiger partial charge in [0.25, 0.3) is 5.91 Å². The summed E-state index contributed by atoms with van der Waals surface area (Å²) < 4.78 is 0. The fourth-order valence-corrected chi connectivity index (χ4v) is 1.40. The average Bonchev–Trinajstić information content (AvgIpc) is 2.29. The minimum absolute atomic E-state index is 0.0601. The van der Waals surface area contributed by atoms with Crippen molar-refractivity contribution in [2.45, 2.75) is 25.8 Å². The molecule has 0 aromatic heterocycles. The Morgan fingerprint density at radius 1 is 1.29 bits per heavy atom. The van der Waals surface area contributed by atoms with Crippen LogP contribution in [0.4, 0.5) is 0 Å². The van der Waals surface area contributed by atoms with Crippen LogP contribution in [0.15, 0.2) is 24.3 Å². The van der Waals surface area contributed by atoms with Gasteiger partial charge in [0, 0.05) is 5.56 Å². The Labute approximate surface area is 99.1 Å². The highest BCUT2D eigenvalue weighted by Crippen LogP contribution is 2.10. The van der Waals surface area contributed by atoms with Gasteiger partial charge >= 0.3 is 5.97 Å². The number of amides is 1. The Morgan fingerprint density at radius 3 is 2.35 bits per heavy atom. The molecule has 1 aromatic rings. The smallest absolute Gasteiger partial charge is 0.326 e. The summed E-state index contributed by atoms with van der Waals surface area (Å²) >= 11 is 0. The van der Waals surface area contributed by atoms with Gasteiger partial charge in [-0.1, -0.05) is 13.3 Å². The van der Waals surface area contributed by atoms with Gasteiger partial charge in [-0.2, -0.15) is 0 Å². The second-order valence-electron chi connectivity index (χ2n) is 3.70. The normalized spacial score (nSPS) is 11.8. The number of carbonyl (C=O) groups is 2. The van der Waals surface area contributed by atoms with Crippen LogP contribution < -0.4 is 5.32 Å². The summed E-state index contributed by atoms with van der Waals surface area (Å²) in [6.45, 7) is 1.85. The van der Waals surface area contributed by atoms with E-state index < -0.39 is 17.9 Å². The molecular formula is C12H15NO4. The molecule has 0 unspecified atom stereocenters. The highest BCUT2D eigenvalue weighted by atomic mass is 16.4. The Morgan fingerprint density at radius 2 is 1.88 bits per heavy atom. The molecule has 0 fully saturated rings. The van der Waals surface area contributed by atoms with Gasteiger partial charge < -0.3 is 15.5 Å². The number of benzene rings is 1. The number of phenolic OH excluding ortho intramolecular Hbond substituents is 1. The van der Waals surface area contributed by atoms with E-state index in [0.717, 1.165) is 0 Å². The van der Waals surface area contributed by atoms with Crippen LogP contribution in [-0.2, 0) is 4.79 Å². The molecule has 0 radical (unpaired) electrons. The summed E-state index contributed by atoms with van der Waals surface area (Å²) in [7, 11) is 0. The van der Waals surface area contributed by atoms with E-state index in [1.807, 2.05) is 6.92 Å². The first-order chi connectivity index (χ1) is 8.04. The average molecular weight is 237 g/mol. The number of carboxylic acid groups (broad SMARTS) is 1. The van der Waals surface area contributed by atoms with Crippen molar-refractivity contribution in [3.8, 4) is 5.75 Å². The lowest BCUT2D eigenvalue weighted by molar-refractivity contribution is -0.139. The molecule has 0 bridgehead atoms. The molecule has 0 heterocycles. The molecule has 92 valence electrons. The molecule has 1 amide bonds. The molecule has 0 aliphatic heterocycles. The molecule has 0 saturated heterocycles. The van der Waals surface area contributed by atoms with E-state index in [1.54, 1.807) is 0 Å². The van der Waals surface area contributed by atoms with E-state index in [9.17, 15) is 9.59 Å². The van der Waals surface area contributed by atoms with Crippen LogP contribution in [-0.4, -0.2) is 28.1 Å². The second-order valence-corrected chi connectivity index (χ2v) is 3.70. The number of aliphatic carboxylic acids is 1. The number of nitrogens with one attached hydrogen (secondary N) is 1. The largest absolute Gasteiger partial charge is 0.508 e. The Bertz CT molecular complexity index is 399. The standard InChI is InChI=1S/C12H15NO4/c1-2-3-10(12(16)17)13-11(15)8-4-6-9(14)7-5-8/h4-7,10,14H,2-3H2,1H3,(H,13,15)(H,16,17)/t10-/m0/s1. The lowest BCUT2D eigenvalue weighted by Gasteiger charge is -2.13. The summed E-state index contributed by atoms with van der Waals surface area (Å²) in [6, 6.07) is 4.77. The molecule has 0 spiro atoms. The SMILES string of the molecule is CCC[C@H](NC(=O)c1ccc(O)cc1)C(=O)O. The molecule has 5 nitrogen and oxygen atoms in total. The van der Waals surface area contributed by atoms with Crippen molar-refractivity contribution in [1.29, 1.82) is 0 Å². The predicted molar refractivity (Wildman–Crippen MR) is 61.9 cm³/mol. The zero-order valence-electron chi connectivity index (χ0n) is 9.51. The lowest BCUT2D eigenvalue weighted by atomic mass is 10.1. The van der Waals surface area contributed by atoms with Crippen molar-refractivity contribution in [2.24, 2.45) is 0 Å². The Kier molecular flexibility index (Phi) is 4.51. The molecule has 1 aromatic carbocycles. The maximum Gasteiger partial charge on any atom is 0.326 e. The van der Waals surface area contributed by atoms with E-state index in [4.69, 9.17) is 10.2 Å². The maximum atomic E-state index is 11.7. The summed E-state index contributed by atoms with van der Waals surface area (Å²) in [5.41, 5.74) is 0.324. The molecule has 5 heteroatoms. The zero-order chi connectivity index (χ0) is 12.8. The number of hydrogen-bond donors (Lipinski definition) is 3. The third kappa shape index (κ3) is 3.79. The fraction of sp³-hybridized carbons (Fsp3) is 0.333. The van der Waals surface area contributed by atoms with Crippen LogP contribution in [0.3, 0.4) is 0 Å². The summed E-state index contributed by atoms with van der Waals surface area (Å²) in [5.74, 6) is -1.44. The van der Waals surface area contributed by atoms with Gasteiger partial charge in [-0.15, -0.1) is 0 Å². The van der Waals surface area contributed by atoms with Crippen molar-refractivity contribution in [1.82, 2.24) is 5.32 Å². The minimum atomic E-state index is -1.04. The third-order valence-electron chi connectivity index (χ3n) is 2.31. The first kappa shape index (κ1) is 13.0. The number of aromatic hydroxyl groups is 1. The summed E-state index contributed by atoms with van der Waals surface area (Å²) in [4.78, 5) is 22.5. The van der Waals surface area contributed by atoms with Gasteiger partial charge in [0.2, 0.25) is 0 Å². The molecule has 1 rings (SSSR count). The van der Waals surface area contributed by atoms with Crippen LogP contribution in [0.25, 0.3) is 0 Å². The first-order valence-electron chi connectivity index (χ1n) is 5.37. The van der Waals surface area contributed by atoms with Crippen LogP contribution >= 0.6 is 0 Å². The van der Waals surface area contributed by atoms with Gasteiger partial charge in [0.1, 0.15) is 11.8 Å². The van der Waals surface area contributed by atoms with Crippen LogP contribution in [0.5, 0.6) is 5.75 Å². The summed E-state index contributed by atoms with van der Waals surface area (Å²) in [5, 5.41) is 20.4. The lowest BCUT2D eigenvalue weighted by Crippen LogP contribution is -2.40. The number of carbonyl (C=O) groups excluding carboxylic acids is 1. The van der Waals surface area contributed by atoms with E-state index in [0.29, 0.717) is 18.4 Å². The topological polar surface area (TPSA) is 86.6 Å². The van der Waals surface area contributed by atoms with Gasteiger partial charge in [-0.3, -0.25) is 4.79 Å². The molecule has 0 aliphatic carbocycles. The molecule has 3 N–H and O–H groups in total. The molecule has 1 atom stereocenters. The van der Waals surface area contributed by atoms with E-state index in [2.05, 4.69) is 5.32 Å². The van der Waals surface area contributed by atoms with E-state index in [-0.39, 0.29) is 5.75 Å². The minimum Gasteiger partial charge on any atom is -0.508 e. The van der Waals surface area contributed by atoms with Gasteiger partial charge in [-0.05, 0) is 30.7 Å². The molecule has 0 saturated carbocycles. The van der Waals surface area contributed by atoms with Gasteiger partial charge in [-0.25, -0.2) is 4.79 Å². The van der Waals surface area contributed by atoms with Crippen molar-refractivity contribution >= 4 is 11.9 Å². The second kappa shape index (κ2) is 5.89. The van der Waals surface area contributed by atoms with Crippen molar-refractivity contribution in [2.75, 3.05) is 0 Å². The van der Waals surface area contributed by atoms with Crippen molar-refractivity contribution in [3.63, 3.8) is 0 Å². The summed E-state index contributed by atoms with van der Waals surface area (Å²) in [6.07, 6.45) is 1.06. The quantitative estimate of drug-likeness (QED) is 0.722. The van der Waals surface area contributed by atoms with Crippen LogP contribution in [0.1, 0.15) is 30.1 Å². The molecule has 0 aliphatic rings. The molecule has 17 heavy (non-hydrogen) atoms. The van der Waals surface area contributed by atoms with Crippen molar-refractivity contribution < 1.29 is 19.8 Å². The Balaban J connectivity index is 2.70. The zero-order valence-corrected chi connectivity index (χ0v) is 9.51. The molecular weight excluding hydrogens is 222 g/mol. The highest BCUT2D eigenvalue weighted by Gasteiger charge is 2.19. The van der Waals surface area contributed by atoms with Crippen LogP contribution in [0.2, 0.25) is 0 Å². The number of hydrogen-bond acceptors (Lipinski definition) is 3. The van der Waals surface area contributed by atoms with Crippen LogP contribution in [0, 0.1) is 0 Å². The number of phenols is 1. The third-order valence-corrected chi connectivity index (χ3v) is 2.31. The van der Waals surface area contributed by atoms with E-state index >= 15 is 0 Å². The first-order valence-corrected chi connectivity index (χ1v) is 5.37. The monoisotopic (exact) mass is 237 g/mol. The predicted octanol–water partition coefficient (Wildman–Crippen LogP) is 1.38. The number of carboxylic acids is 1. The van der Waals surface area contributed by atoms with E-state index in [1.165, 1.54) is 24.3 Å². The van der Waals surface area contributed by atoms with Gasteiger partial charge in [0.05, 0.1) is 0 Å². The highest BCUT2D eigenvalue weighted by molar-refractivity contribution is 5.96. The van der Waals surface area contributed by atoms with Gasteiger partial charge in [0.15, 0.2) is 0 Å². The number of rotatable bonds is 5. The van der Waals surface area contributed by atoms with Crippen molar-refractivity contribution in [3.05, 3.63) is 29.8 Å². The maximum absolute atomic E-state index is 11.7.